The number of nitrogen functional groups attached to an aromatic ring is 1. The molecule has 1 aromatic rings. The zero-order chi connectivity index (χ0) is 25.1. The van der Waals surface area contributed by atoms with Crippen LogP contribution in [0.2, 0.25) is 0 Å². The summed E-state index contributed by atoms with van der Waals surface area (Å²) in [4.78, 5) is 29.0. The average molecular weight is 473 g/mol. The molecule has 2 rings (SSSR count). The molecule has 7 nitrogen and oxygen atoms in total. The summed E-state index contributed by atoms with van der Waals surface area (Å²) in [5.74, 6) is -0.761. The summed E-state index contributed by atoms with van der Waals surface area (Å²) in [6.07, 6.45) is -4.07. The summed E-state index contributed by atoms with van der Waals surface area (Å²) in [7, 11) is 0. The molecule has 33 heavy (non-hydrogen) atoms. The van der Waals surface area contributed by atoms with Gasteiger partial charge >= 0.3 is 12.3 Å². The average Bonchev–Trinajstić information content (AvgIpc) is 2.67. The number of hydrogen-bond acceptors (Lipinski definition) is 5. The first-order valence-electron chi connectivity index (χ1n) is 11.2. The van der Waals surface area contributed by atoms with Gasteiger partial charge in [0.2, 0.25) is 0 Å². The number of nitrogens with zero attached hydrogens (tertiary/aromatic N) is 2. The molecule has 3 N–H and O–H groups in total. The largest absolute Gasteiger partial charge is 0.444 e. The Balaban J connectivity index is 2.41. The van der Waals surface area contributed by atoms with E-state index in [0.717, 1.165) is 12.1 Å². The van der Waals surface area contributed by atoms with Crippen LogP contribution in [0.25, 0.3) is 0 Å². The number of nitrogens with two attached hydrogens (primary N) is 1. The summed E-state index contributed by atoms with van der Waals surface area (Å²) in [5.41, 5.74) is 3.95. The lowest BCUT2D eigenvalue weighted by molar-refractivity contribution is -0.138. The molecular formula is C23H35F3N4O3. The molecule has 186 valence electrons. The fraction of sp³-hybridized carbons (Fsp3) is 0.652. The Kier molecular flexibility index (Phi) is 8.13. The summed E-state index contributed by atoms with van der Waals surface area (Å²) >= 11 is 0. The first kappa shape index (κ1) is 26.6. The number of rotatable bonds is 5. The van der Waals surface area contributed by atoms with Crippen molar-refractivity contribution >= 4 is 23.4 Å². The highest BCUT2D eigenvalue weighted by Crippen LogP contribution is 2.37. The second-order valence-corrected chi connectivity index (χ2v) is 9.54. The van der Waals surface area contributed by atoms with E-state index in [9.17, 15) is 22.8 Å². The zero-order valence-corrected chi connectivity index (χ0v) is 20.2. The van der Waals surface area contributed by atoms with Gasteiger partial charge in [-0.25, -0.2) is 4.79 Å². The fourth-order valence-electron chi connectivity index (χ4n) is 4.01. The van der Waals surface area contributed by atoms with Crippen LogP contribution in [0.1, 0.15) is 70.3 Å². The van der Waals surface area contributed by atoms with Crippen molar-refractivity contribution in [2.24, 2.45) is 0 Å². The number of likely N-dealkylation sites (tertiary alicyclic amines) is 1. The second-order valence-electron chi connectivity index (χ2n) is 9.54. The molecule has 10 heteroatoms. The van der Waals surface area contributed by atoms with Gasteiger partial charge in [-0.2, -0.15) is 13.2 Å². The number of carbonyl (C=O) groups is 2. The smallest absolute Gasteiger partial charge is 0.417 e. The lowest BCUT2D eigenvalue weighted by Gasteiger charge is -2.42. The van der Waals surface area contributed by atoms with Crippen LogP contribution in [-0.2, 0) is 10.9 Å². The number of amides is 2. The molecule has 0 radical (unpaired) electrons. The number of benzene rings is 1. The Morgan fingerprint density at radius 1 is 1.27 bits per heavy atom. The van der Waals surface area contributed by atoms with Gasteiger partial charge in [0.05, 0.1) is 28.5 Å². The first-order chi connectivity index (χ1) is 15.2. The number of carbonyl (C=O) groups excluding carboxylic acids is 2. The van der Waals surface area contributed by atoms with Gasteiger partial charge in [0.15, 0.2) is 0 Å². The van der Waals surface area contributed by atoms with Crippen molar-refractivity contribution in [3.8, 4) is 0 Å². The van der Waals surface area contributed by atoms with Gasteiger partial charge < -0.3 is 25.6 Å². The lowest BCUT2D eigenvalue weighted by Crippen LogP contribution is -2.54. The number of alkyl halides is 3. The third-order valence-corrected chi connectivity index (χ3v) is 5.33. The minimum atomic E-state index is -4.74. The molecule has 2 amide bonds. The molecule has 0 aliphatic carbocycles. The van der Waals surface area contributed by atoms with E-state index in [1.165, 1.54) is 9.80 Å². The van der Waals surface area contributed by atoms with Crippen molar-refractivity contribution < 1.29 is 27.5 Å². The minimum Gasteiger partial charge on any atom is -0.444 e. The van der Waals surface area contributed by atoms with E-state index in [4.69, 9.17) is 10.5 Å². The third-order valence-electron chi connectivity index (χ3n) is 5.33. The molecule has 1 aliphatic rings. The maximum absolute atomic E-state index is 13.9. The lowest BCUT2D eigenvalue weighted by atomic mass is 9.98. The molecule has 1 aromatic carbocycles. The van der Waals surface area contributed by atoms with Crippen LogP contribution >= 0.6 is 0 Å². The van der Waals surface area contributed by atoms with E-state index in [2.05, 4.69) is 5.32 Å². The van der Waals surface area contributed by atoms with Gasteiger partial charge in [0, 0.05) is 25.7 Å². The quantitative estimate of drug-likeness (QED) is 0.591. The maximum atomic E-state index is 13.9. The minimum absolute atomic E-state index is 0.0657. The molecule has 1 heterocycles. The van der Waals surface area contributed by atoms with E-state index in [-0.39, 0.29) is 17.9 Å². The number of anilines is 2. The highest BCUT2D eigenvalue weighted by atomic mass is 19.4. The maximum Gasteiger partial charge on any atom is 0.417 e. The molecule has 1 saturated heterocycles. The van der Waals surface area contributed by atoms with Crippen LogP contribution in [0.15, 0.2) is 12.1 Å². The van der Waals surface area contributed by atoms with Crippen LogP contribution in [0.4, 0.5) is 29.3 Å². The standard InChI is InChI=1S/C23H35F3N4O3/c1-7-28-19-12-17(23(24,25)26)16(11-18(19)27)20(31)30(14(2)3)15-9-8-10-29(13-15)21(32)33-22(4,5)6/h11-12,14-15,28H,7-10,13,27H2,1-6H3/t15-/m1/s1. The van der Waals surface area contributed by atoms with Crippen molar-refractivity contribution in [1.29, 1.82) is 0 Å². The Morgan fingerprint density at radius 3 is 2.42 bits per heavy atom. The number of ether oxygens (including phenoxy) is 1. The molecule has 0 saturated carbocycles. The van der Waals surface area contributed by atoms with Gasteiger partial charge in [-0.05, 0) is 66.5 Å². The molecule has 1 fully saturated rings. The van der Waals surface area contributed by atoms with Crippen LogP contribution in [0.5, 0.6) is 0 Å². The Hall–Kier alpha value is -2.65. The second kappa shape index (κ2) is 10.1. The SMILES string of the molecule is CCNc1cc(C(F)(F)F)c(C(=O)N(C(C)C)[C@@H]2CCCN(C(=O)OC(C)(C)C)C2)cc1N. The highest BCUT2D eigenvalue weighted by molar-refractivity contribution is 5.98. The van der Waals surface area contributed by atoms with Crippen LogP contribution in [-0.4, -0.2) is 59.1 Å². The predicted octanol–water partition coefficient (Wildman–Crippen LogP) is 4.97. The number of halogens is 3. The molecule has 0 unspecified atom stereocenters. The summed E-state index contributed by atoms with van der Waals surface area (Å²) < 4.78 is 47.1. The van der Waals surface area contributed by atoms with Gasteiger partial charge in [-0.3, -0.25) is 4.79 Å². The molecule has 0 bridgehead atoms. The van der Waals surface area contributed by atoms with E-state index in [0.29, 0.717) is 25.9 Å². The van der Waals surface area contributed by atoms with Crippen LogP contribution < -0.4 is 11.1 Å². The van der Waals surface area contributed by atoms with Crippen molar-refractivity contribution in [2.45, 2.75) is 78.2 Å². The van der Waals surface area contributed by atoms with Gasteiger partial charge in [-0.1, -0.05) is 0 Å². The topological polar surface area (TPSA) is 87.9 Å². The monoisotopic (exact) mass is 472 g/mol. The van der Waals surface area contributed by atoms with Crippen LogP contribution in [0.3, 0.4) is 0 Å². The number of hydrogen-bond donors (Lipinski definition) is 2. The van der Waals surface area contributed by atoms with E-state index < -0.39 is 47.0 Å². The van der Waals surface area contributed by atoms with E-state index >= 15 is 0 Å². The Morgan fingerprint density at radius 2 is 1.91 bits per heavy atom. The van der Waals surface area contributed by atoms with Crippen molar-refractivity contribution in [2.75, 3.05) is 30.7 Å². The highest BCUT2D eigenvalue weighted by Gasteiger charge is 2.40. The molecule has 1 aliphatic heterocycles. The van der Waals surface area contributed by atoms with E-state index in [1.54, 1.807) is 41.5 Å². The summed E-state index contributed by atoms with van der Waals surface area (Å²) in [5, 5.41) is 2.80. The molecule has 1 atom stereocenters. The summed E-state index contributed by atoms with van der Waals surface area (Å²) in [6.45, 7) is 11.5. The van der Waals surface area contributed by atoms with Crippen LogP contribution in [0, 0.1) is 0 Å². The molecule has 0 spiro atoms. The van der Waals surface area contributed by atoms with Crippen molar-refractivity contribution in [3.63, 3.8) is 0 Å². The van der Waals surface area contributed by atoms with Gasteiger partial charge in [-0.15, -0.1) is 0 Å². The van der Waals surface area contributed by atoms with Crippen molar-refractivity contribution in [3.05, 3.63) is 23.3 Å². The molecule has 0 aromatic heterocycles. The third kappa shape index (κ3) is 6.68. The number of nitrogens with one attached hydrogen (secondary N) is 1. The first-order valence-corrected chi connectivity index (χ1v) is 11.2. The normalized spacial score (nSPS) is 17.2. The fourth-order valence-corrected chi connectivity index (χ4v) is 4.01. The Bertz CT molecular complexity index is 866. The van der Waals surface area contributed by atoms with Crippen molar-refractivity contribution in [1.82, 2.24) is 9.80 Å². The molecular weight excluding hydrogens is 437 g/mol. The Labute approximate surface area is 193 Å². The van der Waals surface area contributed by atoms with Gasteiger partial charge in [0.1, 0.15) is 5.60 Å². The summed E-state index contributed by atoms with van der Waals surface area (Å²) in [6, 6.07) is 1.14. The zero-order valence-electron chi connectivity index (χ0n) is 20.2. The van der Waals surface area contributed by atoms with Gasteiger partial charge in [0.25, 0.3) is 5.91 Å². The predicted molar refractivity (Wildman–Crippen MR) is 122 cm³/mol. The van der Waals surface area contributed by atoms with E-state index in [1.807, 2.05) is 0 Å². The number of piperidine rings is 1.